The van der Waals surface area contributed by atoms with Gasteiger partial charge in [-0.3, -0.25) is 19.5 Å². The van der Waals surface area contributed by atoms with Crippen LogP contribution < -0.4 is 9.47 Å². The van der Waals surface area contributed by atoms with Gasteiger partial charge in [0.05, 0.1) is 40.2 Å². The Kier molecular flexibility index (Phi) is 10.0. The molecule has 1 N–H and O–H groups in total. The molecule has 0 spiro atoms. The second-order valence-electron chi connectivity index (χ2n) is 12.0. The number of pyridine rings is 1. The number of carboxylic acid groups (broad SMARTS) is 1. The molecule has 0 bridgehead atoms. The Morgan fingerprint density at radius 3 is 2.58 bits per heavy atom. The summed E-state index contributed by atoms with van der Waals surface area (Å²) < 4.78 is 11.9. The lowest BCUT2D eigenvalue weighted by Crippen LogP contribution is -2.45. The molecule has 3 heterocycles. The van der Waals surface area contributed by atoms with E-state index in [1.807, 2.05) is 41.3 Å². The SMILES string of the molecule is CCCCN(CCC[N+](C)(C)C)C(=O)CN1CC(c2ccc3c(c2)OCO3)C(C(=O)O)C1CCc1ccccn1. The average molecular weight is 554 g/mol. The van der Waals surface area contributed by atoms with Crippen molar-refractivity contribution in [3.63, 3.8) is 0 Å². The van der Waals surface area contributed by atoms with Gasteiger partial charge in [0.1, 0.15) is 0 Å². The van der Waals surface area contributed by atoms with E-state index in [-0.39, 0.29) is 31.2 Å². The quantitative estimate of drug-likeness (QED) is 0.357. The number of aryl methyl sites for hydroxylation is 1. The van der Waals surface area contributed by atoms with Gasteiger partial charge in [-0.2, -0.15) is 0 Å². The summed E-state index contributed by atoms with van der Waals surface area (Å²) in [5.74, 6) is -0.366. The molecular weight excluding hydrogens is 508 g/mol. The molecule has 218 valence electrons. The molecule has 9 nitrogen and oxygen atoms in total. The van der Waals surface area contributed by atoms with E-state index in [9.17, 15) is 14.7 Å². The van der Waals surface area contributed by atoms with Crippen LogP contribution in [-0.4, -0.2) is 103 Å². The van der Waals surface area contributed by atoms with Gasteiger partial charge in [-0.15, -0.1) is 0 Å². The first-order valence-electron chi connectivity index (χ1n) is 14.5. The first-order valence-corrected chi connectivity index (χ1v) is 14.5. The third kappa shape index (κ3) is 7.73. The second-order valence-corrected chi connectivity index (χ2v) is 12.0. The van der Waals surface area contributed by atoms with E-state index < -0.39 is 11.9 Å². The molecule has 2 aliphatic heterocycles. The van der Waals surface area contributed by atoms with Crippen molar-refractivity contribution in [1.29, 1.82) is 0 Å². The zero-order valence-electron chi connectivity index (χ0n) is 24.4. The molecule has 3 atom stereocenters. The molecule has 0 saturated carbocycles. The Bertz CT molecular complexity index is 1140. The van der Waals surface area contributed by atoms with Gasteiger partial charge in [0, 0.05) is 49.9 Å². The van der Waals surface area contributed by atoms with Crippen LogP contribution in [0.4, 0.5) is 0 Å². The van der Waals surface area contributed by atoms with E-state index in [2.05, 4.69) is 38.0 Å². The standard InChI is InChI=1S/C31H44N4O5/c1-5-6-16-33(17-9-18-35(2,3)4)29(36)21-34-20-25(23-11-14-27-28(19-23)40-22-39-27)30(31(37)38)26(34)13-12-24-10-7-8-15-32-24/h7-8,10-11,14-15,19,25-26,30H,5-6,9,12-13,16-18,20-22H2,1-4H3/p+1. The Balaban J connectivity index is 1.56. The summed E-state index contributed by atoms with van der Waals surface area (Å²) in [7, 11) is 6.49. The number of aliphatic carboxylic acids is 1. The highest BCUT2D eigenvalue weighted by Gasteiger charge is 2.47. The van der Waals surface area contributed by atoms with Crippen molar-refractivity contribution in [2.75, 3.05) is 60.7 Å². The molecule has 1 amide bonds. The lowest BCUT2D eigenvalue weighted by Gasteiger charge is -2.30. The minimum absolute atomic E-state index is 0.0770. The summed E-state index contributed by atoms with van der Waals surface area (Å²) in [6, 6.07) is 11.2. The van der Waals surface area contributed by atoms with Crippen molar-refractivity contribution in [2.45, 2.75) is 51.0 Å². The summed E-state index contributed by atoms with van der Waals surface area (Å²) in [5.41, 5.74) is 1.83. The number of hydrogen-bond acceptors (Lipinski definition) is 6. The van der Waals surface area contributed by atoms with Gasteiger partial charge in [-0.25, -0.2) is 0 Å². The molecule has 1 fully saturated rings. The number of fused-ring (bicyclic) bond motifs is 1. The van der Waals surface area contributed by atoms with Crippen LogP contribution in [-0.2, 0) is 16.0 Å². The molecule has 0 aliphatic carbocycles. The zero-order chi connectivity index (χ0) is 28.7. The van der Waals surface area contributed by atoms with Gasteiger partial charge in [0.15, 0.2) is 11.5 Å². The predicted molar refractivity (Wildman–Crippen MR) is 153 cm³/mol. The fraction of sp³-hybridized carbons (Fsp3) is 0.581. The molecule has 4 rings (SSSR count). The Labute approximate surface area is 238 Å². The van der Waals surface area contributed by atoms with Gasteiger partial charge in [-0.1, -0.05) is 25.5 Å². The molecule has 1 saturated heterocycles. The third-order valence-corrected chi connectivity index (χ3v) is 8.01. The van der Waals surface area contributed by atoms with Gasteiger partial charge in [-0.05, 0) is 49.1 Å². The summed E-state index contributed by atoms with van der Waals surface area (Å²) in [6.45, 7) is 5.44. The largest absolute Gasteiger partial charge is 0.481 e. The monoisotopic (exact) mass is 553 g/mol. The number of amides is 1. The van der Waals surface area contributed by atoms with Crippen molar-refractivity contribution < 1.29 is 28.7 Å². The van der Waals surface area contributed by atoms with Crippen molar-refractivity contribution in [3.05, 3.63) is 53.9 Å². The lowest BCUT2D eigenvalue weighted by atomic mass is 9.83. The Hall–Kier alpha value is -3.17. The van der Waals surface area contributed by atoms with E-state index in [1.54, 1.807) is 6.20 Å². The van der Waals surface area contributed by atoms with E-state index in [0.29, 0.717) is 30.9 Å². The van der Waals surface area contributed by atoms with Crippen LogP contribution in [0, 0.1) is 5.92 Å². The molecule has 1 aromatic carbocycles. The Morgan fingerprint density at radius 2 is 1.88 bits per heavy atom. The van der Waals surface area contributed by atoms with Gasteiger partial charge in [0.25, 0.3) is 0 Å². The van der Waals surface area contributed by atoms with Crippen molar-refractivity contribution >= 4 is 11.9 Å². The number of aromatic nitrogens is 1. The van der Waals surface area contributed by atoms with E-state index in [1.165, 1.54) is 0 Å². The average Bonchev–Trinajstić information content (AvgIpc) is 3.53. The lowest BCUT2D eigenvalue weighted by molar-refractivity contribution is -0.870. The van der Waals surface area contributed by atoms with Gasteiger partial charge in [0.2, 0.25) is 12.7 Å². The van der Waals surface area contributed by atoms with Crippen LogP contribution in [0.1, 0.15) is 49.8 Å². The number of quaternary nitrogens is 1. The summed E-state index contributed by atoms with van der Waals surface area (Å²) in [6.07, 6.45) is 5.92. The second kappa shape index (κ2) is 13.5. The highest BCUT2D eigenvalue weighted by molar-refractivity contribution is 5.79. The molecule has 2 aliphatic rings. The van der Waals surface area contributed by atoms with Crippen LogP contribution in [0.5, 0.6) is 11.5 Å². The fourth-order valence-electron chi connectivity index (χ4n) is 5.90. The van der Waals surface area contributed by atoms with Crippen molar-refractivity contribution in [3.8, 4) is 11.5 Å². The molecule has 1 aromatic heterocycles. The van der Waals surface area contributed by atoms with E-state index in [4.69, 9.17) is 9.47 Å². The fourth-order valence-corrected chi connectivity index (χ4v) is 5.90. The molecule has 40 heavy (non-hydrogen) atoms. The van der Waals surface area contributed by atoms with E-state index in [0.717, 1.165) is 54.6 Å². The van der Waals surface area contributed by atoms with Gasteiger partial charge < -0.3 is 24.0 Å². The number of carbonyl (C=O) groups excluding carboxylic acids is 1. The first-order chi connectivity index (χ1) is 19.2. The van der Waals surface area contributed by atoms with Crippen LogP contribution in [0.3, 0.4) is 0 Å². The minimum Gasteiger partial charge on any atom is -0.481 e. The van der Waals surface area contributed by atoms with Crippen molar-refractivity contribution in [1.82, 2.24) is 14.8 Å². The van der Waals surface area contributed by atoms with Crippen LogP contribution in [0.2, 0.25) is 0 Å². The zero-order valence-corrected chi connectivity index (χ0v) is 24.4. The normalized spacial score (nSPS) is 20.6. The number of unbranched alkanes of at least 4 members (excludes halogenated alkanes) is 1. The highest BCUT2D eigenvalue weighted by atomic mass is 16.7. The Morgan fingerprint density at radius 1 is 1.10 bits per heavy atom. The maximum absolute atomic E-state index is 13.7. The number of carboxylic acids is 1. The summed E-state index contributed by atoms with van der Waals surface area (Å²) >= 11 is 0. The number of benzene rings is 1. The number of nitrogens with zero attached hydrogens (tertiary/aromatic N) is 4. The summed E-state index contributed by atoms with van der Waals surface area (Å²) in [4.78, 5) is 35.1. The molecule has 9 heteroatoms. The molecular formula is C31H45N4O5+. The van der Waals surface area contributed by atoms with Crippen LogP contribution in [0.25, 0.3) is 0 Å². The molecule has 0 radical (unpaired) electrons. The number of hydrogen-bond donors (Lipinski definition) is 1. The summed E-state index contributed by atoms with van der Waals surface area (Å²) in [5, 5.41) is 10.5. The number of carbonyl (C=O) groups is 2. The smallest absolute Gasteiger partial charge is 0.308 e. The van der Waals surface area contributed by atoms with Crippen molar-refractivity contribution in [2.24, 2.45) is 5.92 Å². The maximum Gasteiger partial charge on any atom is 0.308 e. The maximum atomic E-state index is 13.7. The minimum atomic E-state index is -0.838. The number of rotatable bonds is 14. The topological polar surface area (TPSA) is 92.2 Å². The number of likely N-dealkylation sites (tertiary alicyclic amines) is 1. The van der Waals surface area contributed by atoms with Gasteiger partial charge >= 0.3 is 5.97 Å². The molecule has 3 unspecified atom stereocenters. The number of ether oxygens (including phenoxy) is 2. The van der Waals surface area contributed by atoms with Crippen LogP contribution in [0.15, 0.2) is 42.6 Å². The first kappa shape index (κ1) is 29.8. The van der Waals surface area contributed by atoms with E-state index >= 15 is 0 Å². The third-order valence-electron chi connectivity index (χ3n) is 8.01. The highest BCUT2D eigenvalue weighted by Crippen LogP contribution is 2.43. The van der Waals surface area contributed by atoms with Crippen LogP contribution >= 0.6 is 0 Å². The molecule has 2 aromatic rings. The predicted octanol–water partition coefficient (Wildman–Crippen LogP) is 3.64.